The van der Waals surface area contributed by atoms with Crippen LogP contribution in [0.25, 0.3) is 21.8 Å². The van der Waals surface area contributed by atoms with Gasteiger partial charge in [0.15, 0.2) is 0 Å². The molecule has 0 bridgehead atoms. The first-order valence-electron chi connectivity index (χ1n) is 11.0. The van der Waals surface area contributed by atoms with Crippen LogP contribution in [0.1, 0.15) is 39.7 Å². The van der Waals surface area contributed by atoms with Crippen molar-refractivity contribution in [3.63, 3.8) is 0 Å². The molecule has 11 heteroatoms. The van der Waals surface area contributed by atoms with Crippen molar-refractivity contribution in [3.05, 3.63) is 52.1 Å². The minimum Gasteiger partial charge on any atom is -0.340 e. The largest absolute Gasteiger partial charge is 0.340 e. The molecule has 3 rings (SSSR count). The normalized spacial score (nSPS) is 12.4. The number of fused-ring (bicyclic) bond motifs is 3. The zero-order valence-corrected chi connectivity index (χ0v) is 20.5. The lowest BCUT2D eigenvalue weighted by Gasteiger charge is -2.17. The van der Waals surface area contributed by atoms with E-state index in [2.05, 4.69) is 5.16 Å². The Bertz CT molecular complexity index is 1290. The molecule has 0 atom stereocenters. The van der Waals surface area contributed by atoms with Crippen LogP contribution in [0.15, 0.2) is 41.6 Å². The lowest BCUT2D eigenvalue weighted by Crippen LogP contribution is -2.05. The summed E-state index contributed by atoms with van der Waals surface area (Å²) in [5.74, 6) is -0.524. The number of aryl methyl sites for hydroxylation is 1. The van der Waals surface area contributed by atoms with Crippen LogP contribution < -0.4 is 0 Å². The molecule has 3 aromatic rings. The van der Waals surface area contributed by atoms with Crippen LogP contribution in [0, 0.1) is 10.1 Å². The highest BCUT2D eigenvalue weighted by Gasteiger charge is 2.23. The van der Waals surface area contributed by atoms with E-state index in [-0.39, 0.29) is 11.8 Å². The van der Waals surface area contributed by atoms with Crippen molar-refractivity contribution in [2.75, 3.05) is 19.4 Å². The third kappa shape index (κ3) is 5.70. The number of aromatic nitrogens is 1. The van der Waals surface area contributed by atoms with Crippen molar-refractivity contribution in [2.45, 2.75) is 40.7 Å². The van der Waals surface area contributed by atoms with Gasteiger partial charge in [0.1, 0.15) is 0 Å². The van der Waals surface area contributed by atoms with Gasteiger partial charge in [-0.2, -0.15) is 0 Å². The van der Waals surface area contributed by atoms with Gasteiger partial charge in [0.25, 0.3) is 5.69 Å². The highest BCUT2D eigenvalue weighted by atomic mass is 31.2. The monoisotopic (exact) mass is 489 g/mol. The van der Waals surface area contributed by atoms with Crippen molar-refractivity contribution in [1.82, 2.24) is 4.57 Å². The minimum atomic E-state index is -3.18. The number of nitro benzene ring substituents is 1. The predicted molar refractivity (Wildman–Crippen MR) is 130 cm³/mol. The number of hydrogen-bond acceptors (Lipinski definition) is 8. The number of rotatable bonds is 11. The average molecular weight is 489 g/mol. The smallest absolute Gasteiger partial charge is 0.331 e. The van der Waals surface area contributed by atoms with E-state index in [0.29, 0.717) is 37.3 Å². The molecular formula is C23H28N3O7P. The molecule has 0 radical (unpaired) electrons. The lowest BCUT2D eigenvalue weighted by molar-refractivity contribution is -0.384. The molecule has 0 N–H and O–H groups in total. The van der Waals surface area contributed by atoms with Crippen LogP contribution in [0.4, 0.5) is 5.69 Å². The quantitative estimate of drug-likeness (QED) is 0.112. The standard InChI is InChI=1S/C23H28N3O7P/c1-5-31-34(30,32-6-2)13-7-12-25-22-10-8-18(16(3)24-33-17(4)27)14-20(22)21-15-19(26(28)29)9-11-23(21)25/h8-11,14-15H,5-7,12-13H2,1-4H3/b24-16+. The third-order valence-electron chi connectivity index (χ3n) is 5.25. The second kappa shape index (κ2) is 10.9. The SMILES string of the molecule is CCOP(=O)(CCCn1c2ccc(/C(C)=N/OC(C)=O)cc2c2cc([N+](=O)[O-])ccc21)OCC. The minimum absolute atomic E-state index is 0.0144. The summed E-state index contributed by atoms with van der Waals surface area (Å²) in [6, 6.07) is 10.3. The third-order valence-corrected chi connectivity index (χ3v) is 7.42. The van der Waals surface area contributed by atoms with E-state index >= 15 is 0 Å². The Balaban J connectivity index is 2.04. The van der Waals surface area contributed by atoms with Gasteiger partial charge in [0, 0.05) is 47.4 Å². The van der Waals surface area contributed by atoms with E-state index in [0.717, 1.165) is 22.0 Å². The molecule has 0 saturated carbocycles. The molecule has 0 fully saturated rings. The van der Waals surface area contributed by atoms with Gasteiger partial charge in [-0.15, -0.1) is 0 Å². The summed E-state index contributed by atoms with van der Waals surface area (Å²) in [5, 5.41) is 16.7. The summed E-state index contributed by atoms with van der Waals surface area (Å²) in [6.07, 6.45) is 0.789. The van der Waals surface area contributed by atoms with Gasteiger partial charge in [0.2, 0.25) is 0 Å². The number of carbonyl (C=O) groups is 1. The maximum atomic E-state index is 12.8. The fraction of sp³-hybridized carbons (Fsp3) is 0.391. The summed E-state index contributed by atoms with van der Waals surface area (Å²) < 4.78 is 25.7. The van der Waals surface area contributed by atoms with E-state index in [1.807, 2.05) is 22.8 Å². The van der Waals surface area contributed by atoms with Crippen LogP contribution in [0.5, 0.6) is 0 Å². The second-order valence-corrected chi connectivity index (χ2v) is 9.81. The van der Waals surface area contributed by atoms with Crippen LogP contribution in [0.2, 0.25) is 0 Å². The molecule has 2 aromatic carbocycles. The van der Waals surface area contributed by atoms with Crippen LogP contribution in [-0.2, 0) is 29.8 Å². The number of carbonyl (C=O) groups excluding carboxylic acids is 1. The highest BCUT2D eigenvalue weighted by molar-refractivity contribution is 7.53. The number of oxime groups is 1. The van der Waals surface area contributed by atoms with Crippen LogP contribution in [0.3, 0.4) is 0 Å². The van der Waals surface area contributed by atoms with Gasteiger partial charge in [-0.1, -0.05) is 11.2 Å². The lowest BCUT2D eigenvalue weighted by atomic mass is 10.1. The molecule has 182 valence electrons. The zero-order chi connectivity index (χ0) is 24.9. The van der Waals surface area contributed by atoms with Gasteiger partial charge < -0.3 is 18.5 Å². The highest BCUT2D eigenvalue weighted by Crippen LogP contribution is 2.48. The molecule has 0 saturated heterocycles. The molecule has 1 aromatic heterocycles. The average Bonchev–Trinajstić information content (AvgIpc) is 3.10. The molecule has 34 heavy (non-hydrogen) atoms. The Labute approximate surface area is 197 Å². The molecule has 0 aliphatic rings. The Kier molecular flexibility index (Phi) is 8.19. The van der Waals surface area contributed by atoms with Crippen molar-refractivity contribution in [3.8, 4) is 0 Å². The zero-order valence-electron chi connectivity index (χ0n) is 19.6. The molecule has 1 heterocycles. The predicted octanol–water partition coefficient (Wildman–Crippen LogP) is 5.65. The number of nitro groups is 1. The maximum absolute atomic E-state index is 12.8. The topological polar surface area (TPSA) is 122 Å². The van der Waals surface area contributed by atoms with E-state index in [9.17, 15) is 19.5 Å². The van der Waals surface area contributed by atoms with E-state index in [1.54, 1.807) is 32.9 Å². The summed E-state index contributed by atoms with van der Waals surface area (Å²) in [4.78, 5) is 26.8. The van der Waals surface area contributed by atoms with Crippen molar-refractivity contribution in [2.24, 2.45) is 5.16 Å². The maximum Gasteiger partial charge on any atom is 0.331 e. The Morgan fingerprint density at radius 1 is 1.06 bits per heavy atom. The molecule has 10 nitrogen and oxygen atoms in total. The van der Waals surface area contributed by atoms with E-state index < -0.39 is 18.5 Å². The number of benzene rings is 2. The Morgan fingerprint density at radius 2 is 1.68 bits per heavy atom. The summed E-state index contributed by atoms with van der Waals surface area (Å²) in [5.41, 5.74) is 2.88. The van der Waals surface area contributed by atoms with Crippen molar-refractivity contribution in [1.29, 1.82) is 0 Å². The fourth-order valence-electron chi connectivity index (χ4n) is 3.84. The van der Waals surface area contributed by atoms with Gasteiger partial charge in [-0.05, 0) is 51.0 Å². The number of nitrogens with zero attached hydrogens (tertiary/aromatic N) is 3. The summed E-state index contributed by atoms with van der Waals surface area (Å²) in [7, 11) is -3.18. The van der Waals surface area contributed by atoms with Crippen molar-refractivity contribution < 1.29 is 28.2 Å². The summed E-state index contributed by atoms with van der Waals surface area (Å²) >= 11 is 0. The molecular weight excluding hydrogens is 461 g/mol. The first-order chi connectivity index (χ1) is 16.2. The Morgan fingerprint density at radius 3 is 2.26 bits per heavy atom. The number of hydrogen-bond donors (Lipinski definition) is 0. The van der Waals surface area contributed by atoms with Crippen molar-refractivity contribution >= 4 is 46.8 Å². The molecule has 0 unspecified atom stereocenters. The fourth-order valence-corrected chi connectivity index (χ4v) is 5.49. The first-order valence-corrected chi connectivity index (χ1v) is 12.7. The van der Waals surface area contributed by atoms with E-state index in [1.165, 1.54) is 13.0 Å². The molecule has 0 aliphatic heterocycles. The van der Waals surface area contributed by atoms with Gasteiger partial charge in [-0.3, -0.25) is 14.7 Å². The Hall–Kier alpha value is -3.07. The van der Waals surface area contributed by atoms with Gasteiger partial charge >= 0.3 is 13.6 Å². The van der Waals surface area contributed by atoms with Gasteiger partial charge in [0.05, 0.1) is 30.0 Å². The molecule has 0 amide bonds. The molecule has 0 aliphatic carbocycles. The van der Waals surface area contributed by atoms with E-state index in [4.69, 9.17) is 13.9 Å². The van der Waals surface area contributed by atoms with Gasteiger partial charge in [-0.25, -0.2) is 4.79 Å². The second-order valence-electron chi connectivity index (χ2n) is 7.63. The first kappa shape index (κ1) is 25.6. The van der Waals surface area contributed by atoms with Crippen LogP contribution >= 0.6 is 7.60 Å². The number of non-ortho nitro benzene ring substituents is 1. The summed E-state index contributed by atoms with van der Waals surface area (Å²) in [6.45, 7) is 7.64. The van der Waals surface area contributed by atoms with Crippen LogP contribution in [-0.4, -0.2) is 40.5 Å². The molecule has 0 spiro atoms.